The summed E-state index contributed by atoms with van der Waals surface area (Å²) in [5.74, 6) is -0.529. The number of nitrogens with zero attached hydrogens (tertiary/aromatic N) is 1. The maximum absolute atomic E-state index is 11.0. The number of likely N-dealkylation sites (tertiary alicyclic amines) is 1. The van der Waals surface area contributed by atoms with Crippen LogP contribution in [0.2, 0.25) is 5.02 Å². The lowest BCUT2D eigenvalue weighted by atomic mass is 10.0. The Morgan fingerprint density at radius 1 is 1.19 bits per heavy atom. The predicted molar refractivity (Wildman–Crippen MR) is 104 cm³/mol. The molecule has 2 N–H and O–H groups in total. The SMILES string of the molecule is O=C(C=Cc1ccc([C@@H]2CCCN2CCc2ccc(Cl)cc2)cc1)NO. The Morgan fingerprint density at radius 2 is 1.92 bits per heavy atom. The van der Waals surface area contributed by atoms with Gasteiger partial charge in [0, 0.05) is 23.7 Å². The van der Waals surface area contributed by atoms with Crippen LogP contribution in [0.15, 0.2) is 54.6 Å². The highest BCUT2D eigenvalue weighted by molar-refractivity contribution is 6.30. The van der Waals surface area contributed by atoms with Crippen molar-refractivity contribution in [2.24, 2.45) is 0 Å². The molecule has 0 radical (unpaired) electrons. The molecule has 0 spiro atoms. The monoisotopic (exact) mass is 370 g/mol. The number of nitrogens with one attached hydrogen (secondary N) is 1. The third-order valence-corrected chi connectivity index (χ3v) is 5.08. The van der Waals surface area contributed by atoms with Gasteiger partial charge in [-0.1, -0.05) is 48.0 Å². The van der Waals surface area contributed by atoms with Gasteiger partial charge in [-0.25, -0.2) is 5.48 Å². The zero-order chi connectivity index (χ0) is 18.4. The molecular formula is C21H23ClN2O2. The molecule has 1 aliphatic heterocycles. The zero-order valence-electron chi connectivity index (χ0n) is 14.6. The average molecular weight is 371 g/mol. The molecule has 136 valence electrons. The van der Waals surface area contributed by atoms with Crippen molar-refractivity contribution in [1.82, 2.24) is 10.4 Å². The fourth-order valence-electron chi connectivity index (χ4n) is 3.43. The van der Waals surface area contributed by atoms with E-state index in [-0.39, 0.29) is 0 Å². The number of carbonyl (C=O) groups excluding carboxylic acids is 1. The van der Waals surface area contributed by atoms with E-state index in [1.165, 1.54) is 30.0 Å². The van der Waals surface area contributed by atoms with Crippen LogP contribution in [0.1, 0.15) is 35.6 Å². The van der Waals surface area contributed by atoms with E-state index >= 15 is 0 Å². The molecule has 2 aromatic carbocycles. The summed E-state index contributed by atoms with van der Waals surface area (Å²) in [6, 6.07) is 16.8. The van der Waals surface area contributed by atoms with E-state index in [1.807, 2.05) is 24.3 Å². The maximum Gasteiger partial charge on any atom is 0.267 e. The molecule has 1 atom stereocenters. The molecule has 0 aromatic heterocycles. The smallest absolute Gasteiger partial charge is 0.267 e. The summed E-state index contributed by atoms with van der Waals surface area (Å²) in [5.41, 5.74) is 5.14. The standard InChI is InChI=1S/C21H23ClN2O2/c22-19-10-5-17(6-11-19)13-15-24-14-1-2-20(24)18-8-3-16(4-9-18)7-12-21(25)23-26/h3-12,20,26H,1-2,13-15H2,(H,23,25)/t20-/m0/s1. The molecule has 1 aliphatic rings. The highest BCUT2D eigenvalue weighted by Gasteiger charge is 2.25. The summed E-state index contributed by atoms with van der Waals surface area (Å²) in [6.45, 7) is 2.15. The van der Waals surface area contributed by atoms with E-state index in [4.69, 9.17) is 16.8 Å². The largest absolute Gasteiger partial charge is 0.296 e. The van der Waals surface area contributed by atoms with E-state index in [1.54, 1.807) is 11.6 Å². The highest BCUT2D eigenvalue weighted by atomic mass is 35.5. The number of halogens is 1. The van der Waals surface area contributed by atoms with Crippen molar-refractivity contribution in [3.8, 4) is 0 Å². The van der Waals surface area contributed by atoms with Crippen LogP contribution >= 0.6 is 11.6 Å². The lowest BCUT2D eigenvalue weighted by Crippen LogP contribution is -2.25. The molecule has 0 aliphatic carbocycles. The molecule has 5 heteroatoms. The molecular weight excluding hydrogens is 348 g/mol. The first-order valence-electron chi connectivity index (χ1n) is 8.86. The number of hydrogen-bond donors (Lipinski definition) is 2. The Morgan fingerprint density at radius 3 is 2.62 bits per heavy atom. The molecule has 26 heavy (non-hydrogen) atoms. The minimum Gasteiger partial charge on any atom is -0.296 e. The molecule has 2 aromatic rings. The van der Waals surface area contributed by atoms with Gasteiger partial charge in [0.05, 0.1) is 0 Å². The van der Waals surface area contributed by atoms with Gasteiger partial charge < -0.3 is 0 Å². The fourth-order valence-corrected chi connectivity index (χ4v) is 3.56. The summed E-state index contributed by atoms with van der Waals surface area (Å²) in [6.07, 6.45) is 6.39. The van der Waals surface area contributed by atoms with Crippen LogP contribution in [-0.4, -0.2) is 29.1 Å². The van der Waals surface area contributed by atoms with Crippen molar-refractivity contribution in [2.75, 3.05) is 13.1 Å². The van der Waals surface area contributed by atoms with Crippen molar-refractivity contribution < 1.29 is 10.0 Å². The van der Waals surface area contributed by atoms with Gasteiger partial charge in [0.1, 0.15) is 0 Å². The third-order valence-electron chi connectivity index (χ3n) is 4.82. The van der Waals surface area contributed by atoms with E-state index in [0.717, 1.165) is 30.1 Å². The number of carbonyl (C=O) groups is 1. The van der Waals surface area contributed by atoms with Gasteiger partial charge in [0.25, 0.3) is 5.91 Å². The summed E-state index contributed by atoms with van der Waals surface area (Å²) in [4.78, 5) is 13.6. The summed E-state index contributed by atoms with van der Waals surface area (Å²) >= 11 is 5.95. The van der Waals surface area contributed by atoms with Crippen molar-refractivity contribution in [3.63, 3.8) is 0 Å². The number of hydroxylamine groups is 1. The summed E-state index contributed by atoms with van der Waals surface area (Å²) in [5, 5.41) is 9.29. The predicted octanol–water partition coefficient (Wildman–Crippen LogP) is 4.24. The van der Waals surface area contributed by atoms with Crippen LogP contribution in [0.3, 0.4) is 0 Å². The molecule has 4 nitrogen and oxygen atoms in total. The molecule has 3 rings (SSSR count). The van der Waals surface area contributed by atoms with E-state index < -0.39 is 5.91 Å². The highest BCUT2D eigenvalue weighted by Crippen LogP contribution is 2.32. The second-order valence-electron chi connectivity index (χ2n) is 6.55. The van der Waals surface area contributed by atoms with Gasteiger partial charge in [-0.05, 0) is 60.7 Å². The van der Waals surface area contributed by atoms with Crippen LogP contribution in [0.5, 0.6) is 0 Å². The van der Waals surface area contributed by atoms with Gasteiger partial charge in [0.2, 0.25) is 0 Å². The number of rotatable bonds is 6. The normalized spacial score (nSPS) is 17.7. The maximum atomic E-state index is 11.0. The minimum absolute atomic E-state index is 0.445. The number of benzene rings is 2. The van der Waals surface area contributed by atoms with Crippen LogP contribution in [-0.2, 0) is 11.2 Å². The molecule has 0 bridgehead atoms. The van der Waals surface area contributed by atoms with Crippen molar-refractivity contribution in [1.29, 1.82) is 0 Å². The zero-order valence-corrected chi connectivity index (χ0v) is 15.3. The van der Waals surface area contributed by atoms with Crippen molar-refractivity contribution in [3.05, 3.63) is 76.3 Å². The Labute approximate surface area is 159 Å². The molecule has 1 amide bonds. The van der Waals surface area contributed by atoms with E-state index in [0.29, 0.717) is 6.04 Å². The third kappa shape index (κ3) is 4.94. The molecule has 1 fully saturated rings. The number of hydrogen-bond acceptors (Lipinski definition) is 3. The molecule has 1 saturated heterocycles. The Hall–Kier alpha value is -2.14. The number of amides is 1. The van der Waals surface area contributed by atoms with Crippen LogP contribution in [0, 0.1) is 0 Å². The first-order chi connectivity index (χ1) is 12.7. The quantitative estimate of drug-likeness (QED) is 0.454. The van der Waals surface area contributed by atoms with Gasteiger partial charge in [-0.2, -0.15) is 0 Å². The van der Waals surface area contributed by atoms with Crippen molar-refractivity contribution >= 4 is 23.6 Å². The Bertz CT molecular complexity index is 757. The van der Waals surface area contributed by atoms with Crippen LogP contribution < -0.4 is 5.48 Å². The summed E-state index contributed by atoms with van der Waals surface area (Å²) < 4.78 is 0. The van der Waals surface area contributed by atoms with Crippen LogP contribution in [0.4, 0.5) is 0 Å². The van der Waals surface area contributed by atoms with E-state index in [9.17, 15) is 4.79 Å². The lowest BCUT2D eigenvalue weighted by Gasteiger charge is -2.25. The van der Waals surface area contributed by atoms with Gasteiger partial charge in [-0.15, -0.1) is 0 Å². The second kappa shape index (κ2) is 8.99. The second-order valence-corrected chi connectivity index (χ2v) is 6.98. The van der Waals surface area contributed by atoms with E-state index in [2.05, 4.69) is 29.2 Å². The fraction of sp³-hybridized carbons (Fsp3) is 0.286. The lowest BCUT2D eigenvalue weighted by molar-refractivity contribution is -0.124. The average Bonchev–Trinajstić information content (AvgIpc) is 3.14. The topological polar surface area (TPSA) is 52.6 Å². The Balaban J connectivity index is 1.61. The minimum atomic E-state index is -0.529. The van der Waals surface area contributed by atoms with Gasteiger partial charge >= 0.3 is 0 Å². The van der Waals surface area contributed by atoms with Crippen LogP contribution in [0.25, 0.3) is 6.08 Å². The van der Waals surface area contributed by atoms with Gasteiger partial charge in [0.15, 0.2) is 0 Å². The first-order valence-corrected chi connectivity index (χ1v) is 9.24. The molecule has 0 saturated carbocycles. The molecule has 1 heterocycles. The molecule has 0 unspecified atom stereocenters. The first kappa shape index (κ1) is 18.6. The summed E-state index contributed by atoms with van der Waals surface area (Å²) in [7, 11) is 0. The van der Waals surface area contributed by atoms with Gasteiger partial charge in [-0.3, -0.25) is 14.9 Å². The van der Waals surface area contributed by atoms with Crippen molar-refractivity contribution in [2.45, 2.75) is 25.3 Å². The Kier molecular flexibility index (Phi) is 6.45.